The highest BCUT2D eigenvalue weighted by Gasteiger charge is 2.15. The fourth-order valence-electron chi connectivity index (χ4n) is 0.431. The van der Waals surface area contributed by atoms with Gasteiger partial charge in [-0.15, -0.1) is 0 Å². The summed E-state index contributed by atoms with van der Waals surface area (Å²) >= 11 is 3.73. The van der Waals surface area contributed by atoms with Gasteiger partial charge in [0.1, 0.15) is 6.04 Å². The van der Waals surface area contributed by atoms with Gasteiger partial charge in [0.15, 0.2) is 0 Å². The lowest BCUT2D eigenvalue weighted by atomic mass is 10.3. The maximum absolute atomic E-state index is 10.3. The Morgan fingerprint density at radius 1 is 1.33 bits per heavy atom. The van der Waals surface area contributed by atoms with E-state index in [1.807, 2.05) is 0 Å². The van der Waals surface area contributed by atoms with Crippen LogP contribution in [0.3, 0.4) is 0 Å². The van der Waals surface area contributed by atoms with Crippen LogP contribution in [0.15, 0.2) is 0 Å². The van der Waals surface area contributed by atoms with Gasteiger partial charge in [-0.25, -0.2) is 4.79 Å². The molecule has 6 nitrogen and oxygen atoms in total. The van der Waals surface area contributed by atoms with E-state index in [1.54, 1.807) is 6.92 Å². The molecular weight excluding hydrogens is 222 g/mol. The summed E-state index contributed by atoms with van der Waals surface area (Å²) in [7, 11) is 0. The van der Waals surface area contributed by atoms with Crippen molar-refractivity contribution in [1.82, 2.24) is 5.32 Å². The zero-order valence-electron chi connectivity index (χ0n) is 8.56. The van der Waals surface area contributed by atoms with E-state index in [-0.39, 0.29) is 18.1 Å². The van der Waals surface area contributed by atoms with E-state index in [9.17, 15) is 14.4 Å². The number of carboxylic acid groups (broad SMARTS) is 2. The molecule has 1 amide bonds. The van der Waals surface area contributed by atoms with Crippen molar-refractivity contribution in [3.63, 3.8) is 0 Å². The molecule has 0 aliphatic heterocycles. The largest absolute Gasteiger partial charge is 0.481 e. The standard InChI is InChI=1S/C5H9NO3S.C3H6O2/c1-3(7)6-4(2-10)5(8)9;1-2-3(4)5/h4,10H,2H2,1H3,(H,6,7)(H,8,9);2H2,1H3,(H,4,5)/t4-;/m0./s1. The predicted molar refractivity (Wildman–Crippen MR) is 57.0 cm³/mol. The summed E-state index contributed by atoms with van der Waals surface area (Å²) in [5.41, 5.74) is 0. The molecule has 0 aromatic rings. The average molecular weight is 237 g/mol. The number of amides is 1. The molecule has 0 heterocycles. The Morgan fingerprint density at radius 2 is 1.73 bits per heavy atom. The first kappa shape index (κ1) is 16.2. The topological polar surface area (TPSA) is 104 Å². The van der Waals surface area contributed by atoms with Crippen molar-refractivity contribution in [3.8, 4) is 0 Å². The van der Waals surface area contributed by atoms with Crippen LogP contribution in [-0.4, -0.2) is 39.9 Å². The molecular formula is C8H15NO5S. The minimum Gasteiger partial charge on any atom is -0.481 e. The van der Waals surface area contributed by atoms with Crippen LogP contribution in [0.5, 0.6) is 0 Å². The predicted octanol–water partition coefficient (Wildman–Crippen LogP) is -0.0135. The molecule has 88 valence electrons. The minimum absolute atomic E-state index is 0.106. The van der Waals surface area contributed by atoms with E-state index >= 15 is 0 Å². The second-order valence-electron chi connectivity index (χ2n) is 2.52. The quantitative estimate of drug-likeness (QED) is 0.515. The fourth-order valence-corrected chi connectivity index (χ4v) is 0.678. The highest BCUT2D eigenvalue weighted by atomic mass is 32.1. The third-order valence-electron chi connectivity index (χ3n) is 1.16. The van der Waals surface area contributed by atoms with E-state index in [2.05, 4.69) is 17.9 Å². The number of rotatable bonds is 4. The van der Waals surface area contributed by atoms with Crippen molar-refractivity contribution in [2.24, 2.45) is 0 Å². The lowest BCUT2D eigenvalue weighted by Gasteiger charge is -2.08. The van der Waals surface area contributed by atoms with Gasteiger partial charge in [-0.3, -0.25) is 9.59 Å². The Labute approximate surface area is 93.1 Å². The van der Waals surface area contributed by atoms with Crippen molar-refractivity contribution < 1.29 is 24.6 Å². The van der Waals surface area contributed by atoms with Crippen molar-refractivity contribution in [2.75, 3.05) is 5.75 Å². The molecule has 0 saturated carbocycles. The van der Waals surface area contributed by atoms with Crippen LogP contribution >= 0.6 is 12.6 Å². The van der Waals surface area contributed by atoms with Crippen LogP contribution in [0.2, 0.25) is 0 Å². The molecule has 0 saturated heterocycles. The van der Waals surface area contributed by atoms with Gasteiger partial charge < -0.3 is 15.5 Å². The number of hydrogen-bond acceptors (Lipinski definition) is 4. The summed E-state index contributed by atoms with van der Waals surface area (Å²) in [4.78, 5) is 29.9. The van der Waals surface area contributed by atoms with Crippen LogP contribution < -0.4 is 5.32 Å². The Hall–Kier alpha value is -1.24. The Morgan fingerprint density at radius 3 is 1.80 bits per heavy atom. The van der Waals surface area contributed by atoms with E-state index in [1.165, 1.54) is 6.92 Å². The first-order valence-electron chi connectivity index (χ1n) is 4.17. The third-order valence-corrected chi connectivity index (χ3v) is 1.53. The molecule has 1 atom stereocenters. The normalized spacial score (nSPS) is 10.6. The van der Waals surface area contributed by atoms with E-state index in [4.69, 9.17) is 10.2 Å². The minimum atomic E-state index is -1.06. The smallest absolute Gasteiger partial charge is 0.327 e. The second kappa shape index (κ2) is 9.32. The highest BCUT2D eigenvalue weighted by Crippen LogP contribution is 1.86. The number of hydrogen-bond donors (Lipinski definition) is 4. The van der Waals surface area contributed by atoms with Crippen molar-refractivity contribution >= 4 is 30.5 Å². The molecule has 0 fully saturated rings. The first-order valence-corrected chi connectivity index (χ1v) is 4.80. The SMILES string of the molecule is CC(=O)N[C@@H](CS)C(=O)O.CCC(=O)O. The lowest BCUT2D eigenvalue weighted by Crippen LogP contribution is -2.40. The number of carbonyl (C=O) groups is 3. The summed E-state index contributed by atoms with van der Waals surface area (Å²) < 4.78 is 0. The van der Waals surface area contributed by atoms with Crippen molar-refractivity contribution in [3.05, 3.63) is 0 Å². The summed E-state index contributed by atoms with van der Waals surface area (Å²) in [6.07, 6.45) is 0.222. The van der Waals surface area contributed by atoms with Gasteiger partial charge in [-0.2, -0.15) is 12.6 Å². The van der Waals surface area contributed by atoms with Gasteiger partial charge in [0.25, 0.3) is 0 Å². The number of carboxylic acids is 2. The molecule has 0 unspecified atom stereocenters. The maximum atomic E-state index is 10.3. The molecule has 0 aliphatic rings. The van der Waals surface area contributed by atoms with Crippen LogP contribution in [-0.2, 0) is 14.4 Å². The summed E-state index contributed by atoms with van der Waals surface area (Å²) in [6, 6.07) is -0.874. The summed E-state index contributed by atoms with van der Waals surface area (Å²) in [5, 5.41) is 18.3. The first-order chi connectivity index (χ1) is 6.84. The van der Waals surface area contributed by atoms with E-state index < -0.39 is 18.0 Å². The lowest BCUT2D eigenvalue weighted by molar-refractivity contribution is -0.140. The maximum Gasteiger partial charge on any atom is 0.327 e. The van der Waals surface area contributed by atoms with Gasteiger partial charge in [0.05, 0.1) is 0 Å². The third kappa shape index (κ3) is 12.8. The number of nitrogens with one attached hydrogen (secondary N) is 1. The van der Waals surface area contributed by atoms with Gasteiger partial charge in [0, 0.05) is 19.1 Å². The Bertz CT molecular complexity index is 231. The molecule has 0 rings (SSSR count). The average Bonchev–Trinajstić information content (AvgIpc) is 2.14. The molecule has 15 heavy (non-hydrogen) atoms. The Kier molecular flexibility index (Phi) is 10.1. The van der Waals surface area contributed by atoms with Crippen LogP contribution in [0, 0.1) is 0 Å². The van der Waals surface area contributed by atoms with Gasteiger partial charge in [0.2, 0.25) is 5.91 Å². The molecule has 3 N–H and O–H groups in total. The van der Waals surface area contributed by atoms with Gasteiger partial charge in [-0.1, -0.05) is 6.92 Å². The fraction of sp³-hybridized carbons (Fsp3) is 0.625. The van der Waals surface area contributed by atoms with E-state index in [0.29, 0.717) is 0 Å². The van der Waals surface area contributed by atoms with Crippen molar-refractivity contribution in [1.29, 1.82) is 0 Å². The molecule has 0 aliphatic carbocycles. The summed E-state index contributed by atoms with van der Waals surface area (Å²) in [6.45, 7) is 2.86. The number of aliphatic carboxylic acids is 2. The molecule has 0 aromatic heterocycles. The Balaban J connectivity index is 0. The van der Waals surface area contributed by atoms with Crippen LogP contribution in [0.4, 0.5) is 0 Å². The number of thiol groups is 1. The highest BCUT2D eigenvalue weighted by molar-refractivity contribution is 7.80. The van der Waals surface area contributed by atoms with Gasteiger partial charge >= 0.3 is 11.9 Å². The monoisotopic (exact) mass is 237 g/mol. The molecule has 7 heteroatoms. The van der Waals surface area contributed by atoms with Crippen LogP contribution in [0.1, 0.15) is 20.3 Å². The second-order valence-corrected chi connectivity index (χ2v) is 2.89. The van der Waals surface area contributed by atoms with E-state index in [0.717, 1.165) is 0 Å². The number of carbonyl (C=O) groups excluding carboxylic acids is 1. The zero-order chi connectivity index (χ0) is 12.4. The summed E-state index contributed by atoms with van der Waals surface area (Å²) in [5.74, 6) is -2.06. The molecule has 0 aromatic carbocycles. The van der Waals surface area contributed by atoms with Crippen LogP contribution in [0.25, 0.3) is 0 Å². The van der Waals surface area contributed by atoms with Crippen molar-refractivity contribution in [2.45, 2.75) is 26.3 Å². The van der Waals surface area contributed by atoms with Gasteiger partial charge in [-0.05, 0) is 0 Å². The zero-order valence-corrected chi connectivity index (χ0v) is 9.45. The molecule has 0 bridgehead atoms. The molecule has 0 radical (unpaired) electrons. The molecule has 0 spiro atoms.